The summed E-state index contributed by atoms with van der Waals surface area (Å²) in [5, 5.41) is 2.73. The van der Waals surface area contributed by atoms with Crippen LogP contribution in [-0.2, 0) is 9.59 Å². The third kappa shape index (κ3) is 3.32. The maximum Gasteiger partial charge on any atom is 0.240 e. The third-order valence-corrected chi connectivity index (χ3v) is 3.16. The number of nitrogens with two attached hydrogens (primary N) is 1. The van der Waals surface area contributed by atoms with Gasteiger partial charge in [0.05, 0.1) is 6.04 Å². The van der Waals surface area contributed by atoms with Crippen molar-refractivity contribution in [2.75, 3.05) is 16.8 Å². The molecule has 0 unspecified atom stereocenters. The van der Waals surface area contributed by atoms with Gasteiger partial charge < -0.3 is 16.0 Å². The molecule has 1 aromatic rings. The third-order valence-electron chi connectivity index (χ3n) is 3.16. The Kier molecular flexibility index (Phi) is 4.16. The van der Waals surface area contributed by atoms with Gasteiger partial charge in [0.2, 0.25) is 11.8 Å². The summed E-state index contributed by atoms with van der Waals surface area (Å²) in [5.41, 5.74) is 7.00. The monoisotopic (exact) mass is 261 g/mol. The second kappa shape index (κ2) is 5.84. The molecule has 1 aromatic carbocycles. The molecule has 0 radical (unpaired) electrons. The van der Waals surface area contributed by atoms with Crippen LogP contribution in [0.5, 0.6) is 0 Å². The van der Waals surface area contributed by atoms with Crippen molar-refractivity contribution in [3.8, 4) is 0 Å². The molecule has 0 saturated carbocycles. The van der Waals surface area contributed by atoms with Crippen LogP contribution in [0.3, 0.4) is 0 Å². The summed E-state index contributed by atoms with van der Waals surface area (Å²) >= 11 is 0. The van der Waals surface area contributed by atoms with Crippen LogP contribution in [0.15, 0.2) is 24.3 Å². The van der Waals surface area contributed by atoms with Crippen LogP contribution < -0.4 is 16.0 Å². The van der Waals surface area contributed by atoms with Crippen LogP contribution in [0.25, 0.3) is 0 Å². The van der Waals surface area contributed by atoms with Crippen molar-refractivity contribution in [3.63, 3.8) is 0 Å². The maximum atomic E-state index is 11.9. The van der Waals surface area contributed by atoms with Gasteiger partial charge in [0, 0.05) is 24.3 Å². The van der Waals surface area contributed by atoms with Crippen molar-refractivity contribution < 1.29 is 9.59 Å². The van der Waals surface area contributed by atoms with Crippen LogP contribution in [0, 0.1) is 0 Å². The van der Waals surface area contributed by atoms with E-state index in [1.165, 1.54) is 0 Å². The molecule has 2 rings (SSSR count). The number of hydrogen-bond acceptors (Lipinski definition) is 3. The molecule has 0 aliphatic carbocycles. The van der Waals surface area contributed by atoms with E-state index in [2.05, 4.69) is 5.32 Å². The van der Waals surface area contributed by atoms with E-state index in [0.29, 0.717) is 12.1 Å². The summed E-state index contributed by atoms with van der Waals surface area (Å²) in [7, 11) is 0. The number of amides is 2. The summed E-state index contributed by atoms with van der Waals surface area (Å²) in [6, 6.07) is 6.75. The van der Waals surface area contributed by atoms with Gasteiger partial charge in [0.1, 0.15) is 0 Å². The van der Waals surface area contributed by atoms with E-state index in [0.717, 1.165) is 25.1 Å². The summed E-state index contributed by atoms with van der Waals surface area (Å²) < 4.78 is 0. The van der Waals surface area contributed by atoms with E-state index < -0.39 is 6.04 Å². The van der Waals surface area contributed by atoms with Crippen LogP contribution in [-0.4, -0.2) is 24.4 Å². The number of nitrogens with zero attached hydrogens (tertiary/aromatic N) is 1. The lowest BCUT2D eigenvalue weighted by molar-refractivity contribution is -0.119. The Morgan fingerprint density at radius 2 is 2.21 bits per heavy atom. The summed E-state index contributed by atoms with van der Waals surface area (Å²) in [4.78, 5) is 25.2. The number of nitrogens with one attached hydrogen (secondary N) is 1. The summed E-state index contributed by atoms with van der Waals surface area (Å²) in [6.07, 6.45) is 2.56. The predicted octanol–water partition coefficient (Wildman–Crippen LogP) is 1.49. The van der Waals surface area contributed by atoms with Crippen molar-refractivity contribution in [2.45, 2.75) is 32.2 Å². The van der Waals surface area contributed by atoms with Crippen molar-refractivity contribution in [3.05, 3.63) is 24.3 Å². The zero-order valence-corrected chi connectivity index (χ0v) is 11.1. The number of anilines is 2. The average Bonchev–Trinajstić information content (AvgIpc) is 2.39. The van der Waals surface area contributed by atoms with Crippen LogP contribution in [0.2, 0.25) is 0 Å². The summed E-state index contributed by atoms with van der Waals surface area (Å²) in [6.45, 7) is 2.37. The Morgan fingerprint density at radius 3 is 2.89 bits per heavy atom. The molecule has 0 spiro atoms. The van der Waals surface area contributed by atoms with Gasteiger partial charge in [-0.15, -0.1) is 0 Å². The largest absolute Gasteiger partial charge is 0.325 e. The quantitative estimate of drug-likeness (QED) is 0.865. The molecule has 5 heteroatoms. The average molecular weight is 261 g/mol. The highest BCUT2D eigenvalue weighted by molar-refractivity contribution is 5.97. The number of carbonyl (C=O) groups excluding carboxylic acids is 2. The predicted molar refractivity (Wildman–Crippen MR) is 74.9 cm³/mol. The molecule has 0 bridgehead atoms. The standard InChI is InChI=1S/C14H19N3O2/c1-10(15)14(19)16-11-5-4-6-12(9-11)17-8-3-2-7-13(17)18/h4-6,9-10H,2-3,7-8,15H2,1H3,(H,16,19)/t10-/m0/s1. The van der Waals surface area contributed by atoms with E-state index >= 15 is 0 Å². The highest BCUT2D eigenvalue weighted by Crippen LogP contribution is 2.23. The molecular weight excluding hydrogens is 242 g/mol. The van der Waals surface area contributed by atoms with Gasteiger partial charge in [0.15, 0.2) is 0 Å². The fourth-order valence-corrected chi connectivity index (χ4v) is 2.09. The number of benzene rings is 1. The molecule has 19 heavy (non-hydrogen) atoms. The molecule has 1 heterocycles. The Balaban J connectivity index is 2.14. The number of hydrogen-bond donors (Lipinski definition) is 2. The smallest absolute Gasteiger partial charge is 0.240 e. The molecule has 3 N–H and O–H groups in total. The van der Waals surface area contributed by atoms with Crippen molar-refractivity contribution in [1.29, 1.82) is 0 Å². The van der Waals surface area contributed by atoms with Gasteiger partial charge in [-0.3, -0.25) is 9.59 Å². The van der Waals surface area contributed by atoms with Crippen molar-refractivity contribution in [2.24, 2.45) is 5.73 Å². The molecule has 2 amide bonds. The zero-order valence-electron chi connectivity index (χ0n) is 11.1. The number of carbonyl (C=O) groups is 2. The van der Waals surface area contributed by atoms with Gasteiger partial charge in [-0.05, 0) is 38.0 Å². The number of rotatable bonds is 3. The van der Waals surface area contributed by atoms with Crippen LogP contribution >= 0.6 is 0 Å². The van der Waals surface area contributed by atoms with Gasteiger partial charge >= 0.3 is 0 Å². The Labute approximate surface area is 112 Å². The van der Waals surface area contributed by atoms with Gasteiger partial charge in [-0.25, -0.2) is 0 Å². The molecule has 1 atom stereocenters. The normalized spacial score (nSPS) is 17.2. The molecular formula is C14H19N3O2. The Morgan fingerprint density at radius 1 is 1.42 bits per heavy atom. The van der Waals surface area contributed by atoms with Gasteiger partial charge in [-0.1, -0.05) is 6.07 Å². The fourth-order valence-electron chi connectivity index (χ4n) is 2.09. The zero-order chi connectivity index (χ0) is 13.8. The van der Waals surface area contributed by atoms with Crippen LogP contribution in [0.4, 0.5) is 11.4 Å². The summed E-state index contributed by atoms with van der Waals surface area (Å²) in [5.74, 6) is -0.0935. The van der Waals surface area contributed by atoms with E-state index in [4.69, 9.17) is 5.73 Å². The van der Waals surface area contributed by atoms with E-state index in [9.17, 15) is 9.59 Å². The first-order chi connectivity index (χ1) is 9.08. The highest BCUT2D eigenvalue weighted by Gasteiger charge is 2.19. The minimum atomic E-state index is -0.555. The van der Waals surface area contributed by atoms with E-state index in [-0.39, 0.29) is 11.8 Å². The minimum absolute atomic E-state index is 0.141. The van der Waals surface area contributed by atoms with Crippen molar-refractivity contribution >= 4 is 23.2 Å². The molecule has 5 nitrogen and oxygen atoms in total. The molecule has 1 saturated heterocycles. The van der Waals surface area contributed by atoms with E-state index in [1.54, 1.807) is 17.9 Å². The lowest BCUT2D eigenvalue weighted by atomic mass is 10.1. The fraction of sp³-hybridized carbons (Fsp3) is 0.429. The number of piperidine rings is 1. The molecule has 1 aliphatic rings. The molecule has 1 aliphatic heterocycles. The maximum absolute atomic E-state index is 11.9. The second-order valence-electron chi connectivity index (χ2n) is 4.83. The molecule has 102 valence electrons. The Hall–Kier alpha value is -1.88. The minimum Gasteiger partial charge on any atom is -0.325 e. The first-order valence-electron chi connectivity index (χ1n) is 6.55. The topological polar surface area (TPSA) is 75.4 Å². The molecule has 0 aromatic heterocycles. The highest BCUT2D eigenvalue weighted by atomic mass is 16.2. The first-order valence-corrected chi connectivity index (χ1v) is 6.55. The van der Waals surface area contributed by atoms with Gasteiger partial charge in [-0.2, -0.15) is 0 Å². The SMILES string of the molecule is C[C@H](N)C(=O)Nc1cccc(N2CCCCC2=O)c1. The van der Waals surface area contributed by atoms with E-state index in [1.807, 2.05) is 18.2 Å². The second-order valence-corrected chi connectivity index (χ2v) is 4.83. The molecule has 1 fully saturated rings. The Bertz CT molecular complexity index is 485. The van der Waals surface area contributed by atoms with Crippen molar-refractivity contribution in [1.82, 2.24) is 0 Å². The van der Waals surface area contributed by atoms with Crippen LogP contribution in [0.1, 0.15) is 26.2 Å². The lowest BCUT2D eigenvalue weighted by Gasteiger charge is -2.27. The van der Waals surface area contributed by atoms with Gasteiger partial charge in [0.25, 0.3) is 0 Å². The lowest BCUT2D eigenvalue weighted by Crippen LogP contribution is -2.35. The first kappa shape index (κ1) is 13.5.